The molecule has 4 atom stereocenters. The van der Waals surface area contributed by atoms with E-state index < -0.39 is 29.4 Å². The second-order valence-electron chi connectivity index (χ2n) is 7.35. The summed E-state index contributed by atoms with van der Waals surface area (Å²) in [4.78, 5) is 31.5. The third-order valence-electron chi connectivity index (χ3n) is 5.74. The topological polar surface area (TPSA) is 71.5 Å². The molecule has 2 saturated heterocycles. The van der Waals surface area contributed by atoms with E-state index in [1.807, 2.05) is 18.2 Å². The number of hydrogen-bond acceptors (Lipinski definition) is 4. The Morgan fingerprint density at radius 2 is 2.18 bits per heavy atom. The van der Waals surface area contributed by atoms with Crippen LogP contribution in [0.2, 0.25) is 0 Å². The molecule has 4 heterocycles. The predicted octanol–water partition coefficient (Wildman–Crippen LogP) is 1.82. The van der Waals surface area contributed by atoms with Crippen LogP contribution in [-0.4, -0.2) is 35.0 Å². The molecule has 2 amide bonds. The molecule has 1 spiro atoms. The van der Waals surface area contributed by atoms with E-state index >= 15 is 0 Å². The van der Waals surface area contributed by atoms with Gasteiger partial charge >= 0.3 is 0 Å². The number of nitrogens with zero attached hydrogens (tertiary/aromatic N) is 2. The van der Waals surface area contributed by atoms with Crippen molar-refractivity contribution in [3.05, 3.63) is 72.3 Å². The largest absolute Gasteiger partial charge is 0.360 e. The van der Waals surface area contributed by atoms with Crippen LogP contribution >= 0.6 is 0 Å². The number of aromatic nitrogens is 1. The van der Waals surface area contributed by atoms with E-state index in [0.717, 1.165) is 5.56 Å². The molecule has 1 aromatic carbocycles. The first kappa shape index (κ1) is 17.1. The smallest absolute Gasteiger partial charge is 0.234 e. The quantitative estimate of drug-likeness (QED) is 0.823. The minimum atomic E-state index is -0.875. The molecule has 2 bridgehead atoms. The summed E-state index contributed by atoms with van der Waals surface area (Å²) >= 11 is 0. The van der Waals surface area contributed by atoms with Crippen LogP contribution in [0, 0.1) is 17.7 Å². The van der Waals surface area contributed by atoms with Crippen LogP contribution < -0.4 is 10.2 Å². The highest BCUT2D eigenvalue weighted by Gasteiger charge is 2.67. The Kier molecular flexibility index (Phi) is 3.80. The van der Waals surface area contributed by atoms with Gasteiger partial charge in [0.05, 0.1) is 30.2 Å². The molecule has 142 valence electrons. The summed E-state index contributed by atoms with van der Waals surface area (Å²) in [5, 5.41) is 2.88. The van der Waals surface area contributed by atoms with E-state index in [2.05, 4.69) is 10.3 Å². The molecule has 2 fully saturated rings. The number of carbonyl (C=O) groups is 2. The van der Waals surface area contributed by atoms with Gasteiger partial charge in [0, 0.05) is 18.9 Å². The molecule has 3 aliphatic heterocycles. The fraction of sp³-hybridized carbons (Fsp3) is 0.286. The van der Waals surface area contributed by atoms with E-state index in [9.17, 15) is 14.0 Å². The van der Waals surface area contributed by atoms with Gasteiger partial charge in [-0.15, -0.1) is 0 Å². The van der Waals surface area contributed by atoms with Crippen molar-refractivity contribution in [2.45, 2.75) is 18.2 Å². The van der Waals surface area contributed by atoms with Gasteiger partial charge in [-0.1, -0.05) is 30.4 Å². The highest BCUT2D eigenvalue weighted by Crippen LogP contribution is 2.52. The number of hydrogen-bond donors (Lipinski definition) is 1. The fourth-order valence-electron chi connectivity index (χ4n) is 4.48. The van der Waals surface area contributed by atoms with Crippen molar-refractivity contribution in [3.8, 4) is 0 Å². The van der Waals surface area contributed by atoms with Crippen LogP contribution in [0.1, 0.15) is 5.56 Å². The van der Waals surface area contributed by atoms with Gasteiger partial charge in [-0.25, -0.2) is 4.39 Å². The Hall–Kier alpha value is -3.06. The molecule has 0 aliphatic carbocycles. The third-order valence-corrected chi connectivity index (χ3v) is 5.74. The SMILES string of the molecule is O=C(NCc1cccnc1)[C@@H]1[C@H]2C(=O)N(c3ccccc3F)C[C@@]23C=C[C@H]1O3. The van der Waals surface area contributed by atoms with Crippen LogP contribution in [0.4, 0.5) is 10.1 Å². The third kappa shape index (κ3) is 2.46. The van der Waals surface area contributed by atoms with Gasteiger partial charge in [0.2, 0.25) is 11.8 Å². The summed E-state index contributed by atoms with van der Waals surface area (Å²) in [5.74, 6) is -2.28. The zero-order valence-corrected chi connectivity index (χ0v) is 14.9. The van der Waals surface area contributed by atoms with Gasteiger partial charge in [0.15, 0.2) is 0 Å². The number of halogens is 1. The first-order valence-electron chi connectivity index (χ1n) is 9.19. The van der Waals surface area contributed by atoms with Crippen molar-refractivity contribution in [2.75, 3.05) is 11.4 Å². The summed E-state index contributed by atoms with van der Waals surface area (Å²) < 4.78 is 20.3. The Bertz CT molecular complexity index is 980. The van der Waals surface area contributed by atoms with Gasteiger partial charge in [-0.3, -0.25) is 14.6 Å². The van der Waals surface area contributed by atoms with Crippen molar-refractivity contribution in [2.24, 2.45) is 11.8 Å². The lowest BCUT2D eigenvalue weighted by Crippen LogP contribution is -2.44. The normalized spacial score (nSPS) is 30.0. The highest BCUT2D eigenvalue weighted by atomic mass is 19.1. The summed E-state index contributed by atoms with van der Waals surface area (Å²) in [5.41, 5.74) is 0.211. The van der Waals surface area contributed by atoms with Crippen molar-refractivity contribution < 1.29 is 18.7 Å². The number of pyridine rings is 1. The van der Waals surface area contributed by atoms with Gasteiger partial charge in [-0.2, -0.15) is 0 Å². The van der Waals surface area contributed by atoms with Crippen molar-refractivity contribution in [1.29, 1.82) is 0 Å². The minimum absolute atomic E-state index is 0.205. The molecule has 3 aliphatic rings. The van der Waals surface area contributed by atoms with Crippen molar-refractivity contribution in [3.63, 3.8) is 0 Å². The number of carbonyl (C=O) groups excluding carboxylic acids is 2. The molecule has 1 aromatic heterocycles. The molecular weight excluding hydrogens is 361 g/mol. The van der Waals surface area contributed by atoms with Crippen LogP contribution in [0.3, 0.4) is 0 Å². The molecule has 7 heteroatoms. The molecule has 2 aromatic rings. The number of ether oxygens (including phenoxy) is 1. The molecule has 0 radical (unpaired) electrons. The van der Waals surface area contributed by atoms with E-state index in [-0.39, 0.29) is 24.0 Å². The van der Waals surface area contributed by atoms with Gasteiger partial charge in [0.1, 0.15) is 11.4 Å². The highest BCUT2D eigenvalue weighted by molar-refractivity contribution is 6.03. The second-order valence-corrected chi connectivity index (χ2v) is 7.35. The lowest BCUT2D eigenvalue weighted by Gasteiger charge is -2.23. The number of para-hydroxylation sites is 1. The van der Waals surface area contributed by atoms with Crippen LogP contribution in [0.15, 0.2) is 60.9 Å². The van der Waals surface area contributed by atoms with E-state index in [0.29, 0.717) is 6.54 Å². The molecule has 5 rings (SSSR count). The molecule has 1 N–H and O–H groups in total. The lowest BCUT2D eigenvalue weighted by atomic mass is 9.77. The first-order chi connectivity index (χ1) is 13.6. The van der Waals surface area contributed by atoms with E-state index in [4.69, 9.17) is 4.74 Å². The predicted molar refractivity (Wildman–Crippen MR) is 98.6 cm³/mol. The van der Waals surface area contributed by atoms with Crippen LogP contribution in [-0.2, 0) is 20.9 Å². The van der Waals surface area contributed by atoms with Crippen LogP contribution in [0.5, 0.6) is 0 Å². The Morgan fingerprint density at radius 3 is 2.96 bits per heavy atom. The Balaban J connectivity index is 1.40. The summed E-state index contributed by atoms with van der Waals surface area (Å²) in [7, 11) is 0. The standard InChI is InChI=1S/C21H18FN3O3/c22-14-5-1-2-6-15(14)25-12-21-8-7-16(28-21)17(18(21)20(25)27)19(26)24-11-13-4-3-9-23-10-13/h1-10,16-18H,11-12H2,(H,24,26)/t16-,17+,18+,21+/m1/s1. The lowest BCUT2D eigenvalue weighted by molar-refractivity contribution is -0.132. The average molecular weight is 379 g/mol. The summed E-state index contributed by atoms with van der Waals surface area (Å²) in [6, 6.07) is 9.82. The zero-order valence-electron chi connectivity index (χ0n) is 14.9. The first-order valence-corrected chi connectivity index (χ1v) is 9.19. The Morgan fingerprint density at radius 1 is 1.32 bits per heavy atom. The average Bonchev–Trinajstić information content (AvgIpc) is 3.36. The fourth-order valence-corrected chi connectivity index (χ4v) is 4.48. The van der Waals surface area contributed by atoms with Crippen LogP contribution in [0.25, 0.3) is 0 Å². The summed E-state index contributed by atoms with van der Waals surface area (Å²) in [6.45, 7) is 0.529. The molecule has 0 saturated carbocycles. The maximum atomic E-state index is 14.3. The molecule has 0 unspecified atom stereocenters. The summed E-state index contributed by atoms with van der Waals surface area (Å²) in [6.07, 6.45) is 6.60. The number of rotatable bonds is 4. The minimum Gasteiger partial charge on any atom is -0.360 e. The molecule has 28 heavy (non-hydrogen) atoms. The van der Waals surface area contributed by atoms with Gasteiger partial charge in [-0.05, 0) is 23.8 Å². The Labute approximate surface area is 161 Å². The van der Waals surface area contributed by atoms with E-state index in [1.54, 1.807) is 36.7 Å². The maximum absolute atomic E-state index is 14.3. The van der Waals surface area contributed by atoms with Gasteiger partial charge in [0.25, 0.3) is 0 Å². The monoisotopic (exact) mass is 379 g/mol. The van der Waals surface area contributed by atoms with Crippen molar-refractivity contribution in [1.82, 2.24) is 10.3 Å². The van der Waals surface area contributed by atoms with Crippen molar-refractivity contribution >= 4 is 17.5 Å². The number of benzene rings is 1. The number of anilines is 1. The molecular formula is C21H18FN3O3. The zero-order chi connectivity index (χ0) is 19.3. The second kappa shape index (κ2) is 6.24. The maximum Gasteiger partial charge on any atom is 0.234 e. The number of amides is 2. The number of nitrogens with one attached hydrogen (secondary N) is 1. The van der Waals surface area contributed by atoms with E-state index in [1.165, 1.54) is 11.0 Å². The molecule has 6 nitrogen and oxygen atoms in total. The van der Waals surface area contributed by atoms with Gasteiger partial charge < -0.3 is 15.0 Å². The number of fused-ring (bicyclic) bond motifs is 1.